The van der Waals surface area contributed by atoms with Crippen LogP contribution >= 0.6 is 12.2 Å². The Kier molecular flexibility index (Phi) is 7.28. The van der Waals surface area contributed by atoms with E-state index in [-0.39, 0.29) is 5.82 Å². The molecule has 2 aromatic carbocycles. The van der Waals surface area contributed by atoms with Crippen molar-refractivity contribution in [1.82, 2.24) is 4.90 Å². The van der Waals surface area contributed by atoms with Crippen molar-refractivity contribution in [2.75, 3.05) is 46.4 Å². The van der Waals surface area contributed by atoms with Crippen LogP contribution in [0.4, 0.5) is 10.1 Å². The summed E-state index contributed by atoms with van der Waals surface area (Å²) in [7, 11) is 7.44. The highest BCUT2D eigenvalue weighted by Crippen LogP contribution is 2.37. The largest absolute Gasteiger partial charge is 0.489 e. The van der Waals surface area contributed by atoms with Crippen molar-refractivity contribution in [2.24, 2.45) is 0 Å². The molecule has 0 unspecified atom stereocenters. The van der Waals surface area contributed by atoms with Crippen molar-refractivity contribution in [2.45, 2.75) is 25.0 Å². The first-order valence-corrected chi connectivity index (χ1v) is 10.4. The van der Waals surface area contributed by atoms with Crippen LogP contribution < -0.4 is 9.64 Å². The van der Waals surface area contributed by atoms with Gasteiger partial charge in [-0.15, -0.1) is 0 Å². The smallest absolute Gasteiger partial charge is 0.175 e. The van der Waals surface area contributed by atoms with Crippen molar-refractivity contribution in [3.05, 3.63) is 59.4 Å². The van der Waals surface area contributed by atoms with E-state index in [0.29, 0.717) is 38.4 Å². The van der Waals surface area contributed by atoms with Gasteiger partial charge in [-0.25, -0.2) is 4.39 Å². The third kappa shape index (κ3) is 5.09. The lowest BCUT2D eigenvalue weighted by molar-refractivity contribution is -0.0950. The fraction of sp³-hybridized carbons (Fsp3) is 0.435. The molecule has 0 radical (unpaired) electrons. The first-order chi connectivity index (χ1) is 14.3. The minimum atomic E-state index is -0.532. The zero-order chi connectivity index (χ0) is 21.7. The lowest BCUT2D eigenvalue weighted by atomic mass is 9.86. The lowest BCUT2D eigenvalue weighted by Crippen LogP contribution is -2.36. The Balaban J connectivity index is 1.70. The number of benzene rings is 2. The summed E-state index contributed by atoms with van der Waals surface area (Å²) in [5.41, 5.74) is 2.24. The van der Waals surface area contributed by atoms with E-state index in [1.807, 2.05) is 61.3 Å². The Bertz CT molecular complexity index is 867. The van der Waals surface area contributed by atoms with Crippen molar-refractivity contribution >= 4 is 23.0 Å². The number of thiocarbonyl (C=S) groups is 1. The highest BCUT2D eigenvalue weighted by molar-refractivity contribution is 7.80. The number of anilines is 1. The molecule has 1 aliphatic rings. The molecule has 1 saturated heterocycles. The van der Waals surface area contributed by atoms with Gasteiger partial charge in [0.1, 0.15) is 18.2 Å². The van der Waals surface area contributed by atoms with Crippen LogP contribution in [0, 0.1) is 5.82 Å². The third-order valence-electron chi connectivity index (χ3n) is 5.49. The lowest BCUT2D eigenvalue weighted by Gasteiger charge is -2.36. The zero-order valence-electron chi connectivity index (χ0n) is 18.0. The first-order valence-electron chi connectivity index (χ1n) is 9.95. The summed E-state index contributed by atoms with van der Waals surface area (Å²) in [4.78, 5) is 3.83. The first kappa shape index (κ1) is 22.5. The summed E-state index contributed by atoms with van der Waals surface area (Å²) in [5, 5.41) is 0.728. The average Bonchev–Trinajstić information content (AvgIpc) is 2.77. The van der Waals surface area contributed by atoms with Gasteiger partial charge in [0.25, 0.3) is 0 Å². The van der Waals surface area contributed by atoms with E-state index >= 15 is 0 Å². The predicted octanol–water partition coefficient (Wildman–Crippen LogP) is 4.34. The normalized spacial score (nSPS) is 15.5. The summed E-state index contributed by atoms with van der Waals surface area (Å²) in [6.45, 7) is 1.53. The van der Waals surface area contributed by atoms with Crippen LogP contribution in [-0.4, -0.2) is 51.5 Å². The van der Waals surface area contributed by atoms with E-state index in [4.69, 9.17) is 26.4 Å². The van der Waals surface area contributed by atoms with Crippen LogP contribution in [0.15, 0.2) is 42.5 Å². The van der Waals surface area contributed by atoms with Gasteiger partial charge in [0.05, 0.1) is 5.60 Å². The van der Waals surface area contributed by atoms with E-state index < -0.39 is 5.60 Å². The second-order valence-corrected chi connectivity index (χ2v) is 8.04. The van der Waals surface area contributed by atoms with Crippen LogP contribution in [-0.2, 0) is 21.7 Å². The molecule has 0 N–H and O–H groups in total. The number of ether oxygens (including phenoxy) is 3. The summed E-state index contributed by atoms with van der Waals surface area (Å²) >= 11 is 5.40. The maximum atomic E-state index is 14.3. The Morgan fingerprint density at radius 2 is 1.77 bits per heavy atom. The summed E-state index contributed by atoms with van der Waals surface area (Å²) in [6.07, 6.45) is 1.38. The molecule has 3 rings (SSSR count). The topological polar surface area (TPSA) is 34.2 Å². The van der Waals surface area contributed by atoms with Crippen molar-refractivity contribution < 1.29 is 18.6 Å². The SMILES string of the molecule is COC1(c2cc(F)cc(OCc3ccc(N(C)C(=S)N(C)C)cc3)c2)CCOCC1. The van der Waals surface area contributed by atoms with Gasteiger partial charge < -0.3 is 24.0 Å². The molecular formula is C23H29FN2O3S. The molecule has 0 amide bonds. The van der Waals surface area contributed by atoms with Gasteiger partial charge in [0, 0.05) is 66.1 Å². The van der Waals surface area contributed by atoms with E-state index in [1.54, 1.807) is 7.11 Å². The van der Waals surface area contributed by atoms with Gasteiger partial charge >= 0.3 is 0 Å². The molecule has 0 aromatic heterocycles. The molecule has 0 spiro atoms. The van der Waals surface area contributed by atoms with Crippen molar-refractivity contribution in [3.8, 4) is 5.75 Å². The second kappa shape index (κ2) is 9.73. The third-order valence-corrected chi connectivity index (χ3v) is 6.13. The average molecular weight is 433 g/mol. The molecule has 0 bridgehead atoms. The Morgan fingerprint density at radius 3 is 2.37 bits per heavy atom. The fourth-order valence-corrected chi connectivity index (χ4v) is 3.72. The zero-order valence-corrected chi connectivity index (χ0v) is 18.8. The molecule has 1 fully saturated rings. The predicted molar refractivity (Wildman–Crippen MR) is 121 cm³/mol. The van der Waals surface area contributed by atoms with Gasteiger partial charge in [0.2, 0.25) is 0 Å². The number of nitrogens with zero attached hydrogens (tertiary/aromatic N) is 2. The van der Waals surface area contributed by atoms with E-state index in [2.05, 4.69) is 0 Å². The maximum absolute atomic E-state index is 14.3. The molecule has 1 heterocycles. The molecule has 0 aliphatic carbocycles. The van der Waals surface area contributed by atoms with Crippen molar-refractivity contribution in [3.63, 3.8) is 0 Å². The summed E-state index contributed by atoms with van der Waals surface area (Å²) in [5.74, 6) is 0.155. The molecule has 30 heavy (non-hydrogen) atoms. The minimum absolute atomic E-state index is 0.334. The molecule has 7 heteroatoms. The molecule has 162 valence electrons. The Labute approximate surface area is 183 Å². The van der Waals surface area contributed by atoms with E-state index in [9.17, 15) is 4.39 Å². The van der Waals surface area contributed by atoms with Gasteiger partial charge in [0.15, 0.2) is 5.11 Å². The van der Waals surface area contributed by atoms with Crippen molar-refractivity contribution in [1.29, 1.82) is 0 Å². The molecule has 0 atom stereocenters. The van der Waals surface area contributed by atoms with Crippen LogP contribution in [0.3, 0.4) is 0 Å². The Hall–Kier alpha value is -2.22. The van der Waals surface area contributed by atoms with E-state index in [0.717, 1.165) is 21.9 Å². The van der Waals surface area contributed by atoms with E-state index in [1.165, 1.54) is 12.1 Å². The number of methoxy groups -OCH3 is 1. The fourth-order valence-electron chi connectivity index (χ4n) is 3.61. The molecule has 1 aliphatic heterocycles. The van der Waals surface area contributed by atoms with Gasteiger partial charge in [-0.05, 0) is 47.6 Å². The monoisotopic (exact) mass is 432 g/mol. The maximum Gasteiger partial charge on any atom is 0.175 e. The Morgan fingerprint density at radius 1 is 1.10 bits per heavy atom. The summed E-state index contributed by atoms with van der Waals surface area (Å²) < 4.78 is 31.5. The number of rotatable bonds is 6. The van der Waals surface area contributed by atoms with Gasteiger partial charge in [-0.1, -0.05) is 12.1 Å². The molecule has 2 aromatic rings. The molecular weight excluding hydrogens is 403 g/mol. The number of hydrogen-bond acceptors (Lipinski definition) is 4. The minimum Gasteiger partial charge on any atom is -0.489 e. The van der Waals surface area contributed by atoms with Gasteiger partial charge in [-0.2, -0.15) is 0 Å². The van der Waals surface area contributed by atoms with Crippen LogP contribution in [0.5, 0.6) is 5.75 Å². The second-order valence-electron chi connectivity index (χ2n) is 7.68. The summed E-state index contributed by atoms with van der Waals surface area (Å²) in [6, 6.07) is 12.8. The van der Waals surface area contributed by atoms with Gasteiger partial charge in [-0.3, -0.25) is 0 Å². The molecule has 5 nitrogen and oxygen atoms in total. The van der Waals surface area contributed by atoms with Crippen LogP contribution in [0.25, 0.3) is 0 Å². The quantitative estimate of drug-likeness (QED) is 0.632. The number of halogens is 1. The number of hydrogen-bond donors (Lipinski definition) is 0. The highest BCUT2D eigenvalue weighted by Gasteiger charge is 2.35. The standard InChI is InChI=1S/C23H29FN2O3S/c1-25(2)22(30)26(3)20-7-5-17(6-8-20)16-29-21-14-18(13-19(24)15-21)23(27-4)9-11-28-12-10-23/h5-8,13-15H,9-12,16H2,1-4H3. The molecule has 0 saturated carbocycles. The van der Waals surface area contributed by atoms with Crippen LogP contribution in [0.2, 0.25) is 0 Å². The highest BCUT2D eigenvalue weighted by atomic mass is 32.1. The van der Waals surface area contributed by atoms with Crippen LogP contribution in [0.1, 0.15) is 24.0 Å².